The van der Waals surface area contributed by atoms with Crippen LogP contribution in [0.2, 0.25) is 0 Å². The first-order valence-corrected chi connectivity index (χ1v) is 7.12. The van der Waals surface area contributed by atoms with Crippen LogP contribution in [0.25, 0.3) is 0 Å². The van der Waals surface area contributed by atoms with E-state index >= 15 is 0 Å². The van der Waals surface area contributed by atoms with Crippen LogP contribution in [0.4, 0.5) is 8.78 Å². The number of nitrogens with zero attached hydrogens (tertiary/aromatic N) is 1. The van der Waals surface area contributed by atoms with E-state index in [1.54, 1.807) is 28.7 Å². The molecule has 1 aromatic carbocycles. The summed E-state index contributed by atoms with van der Waals surface area (Å²) in [4.78, 5) is -0.660. The van der Waals surface area contributed by atoms with Crippen molar-refractivity contribution < 1.29 is 17.2 Å². The van der Waals surface area contributed by atoms with Crippen molar-refractivity contribution in [3.63, 3.8) is 0 Å². The van der Waals surface area contributed by atoms with Crippen LogP contribution in [0, 0.1) is 14.9 Å². The average molecular weight is 378 g/mol. The van der Waals surface area contributed by atoms with Crippen LogP contribution in [0.3, 0.4) is 0 Å². The van der Waals surface area contributed by atoms with E-state index in [0.717, 1.165) is 12.1 Å². The quantitative estimate of drug-likeness (QED) is 0.588. The first kappa shape index (κ1) is 13.6. The highest BCUT2D eigenvalue weighted by Gasteiger charge is 2.23. The lowest BCUT2D eigenvalue weighted by atomic mass is 10.1. The van der Waals surface area contributed by atoms with Crippen LogP contribution in [0.5, 0.6) is 0 Å². The first-order valence-electron chi connectivity index (χ1n) is 3.73. The van der Waals surface area contributed by atoms with E-state index in [2.05, 4.69) is 0 Å². The van der Waals surface area contributed by atoms with Gasteiger partial charge < -0.3 is 0 Å². The van der Waals surface area contributed by atoms with Gasteiger partial charge in [0.2, 0.25) is 0 Å². The summed E-state index contributed by atoms with van der Waals surface area (Å²) in [5.74, 6) is 0. The molecule has 0 aromatic heterocycles. The van der Waals surface area contributed by atoms with Crippen molar-refractivity contribution in [3.05, 3.63) is 26.8 Å². The van der Waals surface area contributed by atoms with Crippen LogP contribution in [-0.4, -0.2) is 8.42 Å². The molecule has 0 bridgehead atoms. The number of halogens is 4. The van der Waals surface area contributed by atoms with Gasteiger partial charge in [0.05, 0.1) is 10.5 Å². The topological polar surface area (TPSA) is 57.9 Å². The van der Waals surface area contributed by atoms with Gasteiger partial charge in [-0.25, -0.2) is 17.2 Å². The molecular formula is C8H3ClF2INO2S. The van der Waals surface area contributed by atoms with Crippen LogP contribution >= 0.6 is 33.3 Å². The fraction of sp³-hybridized carbons (Fsp3) is 0.125. The lowest BCUT2D eigenvalue weighted by molar-refractivity contribution is 0.148. The summed E-state index contributed by atoms with van der Waals surface area (Å²) in [5.41, 5.74) is -0.771. The molecule has 0 amide bonds. The van der Waals surface area contributed by atoms with Gasteiger partial charge in [-0.3, -0.25) is 0 Å². The summed E-state index contributed by atoms with van der Waals surface area (Å²) in [6.07, 6.45) is -3.01. The summed E-state index contributed by atoms with van der Waals surface area (Å²) in [6.45, 7) is 0. The lowest BCUT2D eigenvalue weighted by Crippen LogP contribution is -2.01. The second-order valence-corrected chi connectivity index (χ2v) is 6.42. The monoisotopic (exact) mass is 377 g/mol. The highest BCUT2D eigenvalue weighted by atomic mass is 127. The molecule has 0 aliphatic rings. The highest BCUT2D eigenvalue weighted by Crippen LogP contribution is 2.31. The minimum atomic E-state index is -4.25. The molecule has 16 heavy (non-hydrogen) atoms. The van der Waals surface area contributed by atoms with Crippen LogP contribution < -0.4 is 0 Å². The molecule has 1 rings (SSSR count). The normalized spacial score (nSPS) is 11.5. The van der Waals surface area contributed by atoms with E-state index in [0.29, 0.717) is 0 Å². The minimum Gasteiger partial charge on any atom is -0.207 e. The predicted molar refractivity (Wildman–Crippen MR) is 61.9 cm³/mol. The van der Waals surface area contributed by atoms with Gasteiger partial charge in [-0.2, -0.15) is 5.26 Å². The van der Waals surface area contributed by atoms with Gasteiger partial charge in [0.25, 0.3) is 15.5 Å². The van der Waals surface area contributed by atoms with E-state index in [4.69, 9.17) is 15.9 Å². The Kier molecular flexibility index (Phi) is 4.09. The van der Waals surface area contributed by atoms with Gasteiger partial charge in [-0.15, -0.1) is 0 Å². The number of alkyl halides is 2. The first-order chi connectivity index (χ1) is 7.27. The maximum atomic E-state index is 12.6. The lowest BCUT2D eigenvalue weighted by Gasteiger charge is -2.07. The Labute approximate surface area is 109 Å². The Bertz CT molecular complexity index is 568. The van der Waals surface area contributed by atoms with Gasteiger partial charge in [0.1, 0.15) is 6.07 Å². The van der Waals surface area contributed by atoms with E-state index in [1.807, 2.05) is 0 Å². The summed E-state index contributed by atoms with van der Waals surface area (Å²) >= 11 is 1.68. The number of hydrogen-bond donors (Lipinski definition) is 0. The zero-order valence-corrected chi connectivity index (χ0v) is 11.1. The molecule has 0 saturated heterocycles. The van der Waals surface area contributed by atoms with E-state index in [1.165, 1.54) is 0 Å². The van der Waals surface area contributed by atoms with Crippen LogP contribution in [0.1, 0.15) is 17.6 Å². The van der Waals surface area contributed by atoms with Gasteiger partial charge >= 0.3 is 0 Å². The van der Waals surface area contributed by atoms with E-state index in [-0.39, 0.29) is 9.13 Å². The molecule has 0 heterocycles. The summed E-state index contributed by atoms with van der Waals surface area (Å²) in [5, 5.41) is 8.64. The molecule has 0 aliphatic carbocycles. The maximum Gasteiger partial charge on any atom is 0.265 e. The minimum absolute atomic E-state index is 0.0139. The standard InChI is InChI=1S/C8H3ClF2INO2S/c9-16(14,15)7-2-6(12)4(3-13)1-5(7)8(10)11/h1-2,8H. The molecule has 0 saturated carbocycles. The number of nitriles is 1. The molecule has 3 nitrogen and oxygen atoms in total. The SMILES string of the molecule is N#Cc1cc(C(F)F)c(S(=O)(=O)Cl)cc1I. The van der Waals surface area contributed by atoms with Crippen molar-refractivity contribution in [2.75, 3.05) is 0 Å². The van der Waals surface area contributed by atoms with Crippen LogP contribution in [-0.2, 0) is 9.05 Å². The molecule has 0 aliphatic heterocycles. The van der Waals surface area contributed by atoms with E-state index in [9.17, 15) is 17.2 Å². The molecule has 0 atom stereocenters. The predicted octanol–water partition coefficient (Wildman–Crippen LogP) is 3.03. The smallest absolute Gasteiger partial charge is 0.207 e. The fourth-order valence-corrected chi connectivity index (χ4v) is 2.93. The third-order valence-electron chi connectivity index (χ3n) is 1.72. The molecule has 8 heteroatoms. The molecule has 0 fully saturated rings. The Balaban J connectivity index is 3.63. The van der Waals surface area contributed by atoms with Gasteiger partial charge in [-0.1, -0.05) is 0 Å². The third-order valence-corrected chi connectivity index (χ3v) is 3.99. The third kappa shape index (κ3) is 2.81. The van der Waals surface area contributed by atoms with Crippen molar-refractivity contribution >= 4 is 42.3 Å². The number of rotatable bonds is 2. The number of benzene rings is 1. The van der Waals surface area contributed by atoms with E-state index < -0.39 is 25.9 Å². The van der Waals surface area contributed by atoms with Crippen LogP contribution in [0.15, 0.2) is 17.0 Å². The summed E-state index contributed by atoms with van der Waals surface area (Å²) < 4.78 is 47.5. The average Bonchev–Trinajstić information content (AvgIpc) is 2.15. The van der Waals surface area contributed by atoms with Gasteiger partial charge in [0, 0.05) is 19.8 Å². The van der Waals surface area contributed by atoms with Crippen molar-refractivity contribution in [3.8, 4) is 6.07 Å². The van der Waals surface area contributed by atoms with Gasteiger partial charge in [0.15, 0.2) is 0 Å². The Morgan fingerprint density at radius 3 is 2.38 bits per heavy atom. The fourth-order valence-electron chi connectivity index (χ4n) is 1.04. The van der Waals surface area contributed by atoms with Crippen molar-refractivity contribution in [1.29, 1.82) is 5.26 Å². The molecule has 86 valence electrons. The van der Waals surface area contributed by atoms with Crippen molar-refractivity contribution in [1.82, 2.24) is 0 Å². The molecule has 0 N–H and O–H groups in total. The summed E-state index contributed by atoms with van der Waals surface area (Å²) in [6, 6.07) is 3.49. The van der Waals surface area contributed by atoms with Crippen molar-refractivity contribution in [2.45, 2.75) is 11.3 Å². The second-order valence-electron chi connectivity index (χ2n) is 2.72. The molecule has 0 unspecified atom stereocenters. The summed E-state index contributed by atoms with van der Waals surface area (Å²) in [7, 11) is 0.780. The second kappa shape index (κ2) is 4.81. The Morgan fingerprint density at radius 1 is 1.44 bits per heavy atom. The highest BCUT2D eigenvalue weighted by molar-refractivity contribution is 14.1. The van der Waals surface area contributed by atoms with Crippen molar-refractivity contribution in [2.24, 2.45) is 0 Å². The molecular weight excluding hydrogens is 375 g/mol. The Hall–Kier alpha value is -0.460. The molecule has 1 aromatic rings. The molecule has 0 radical (unpaired) electrons. The molecule has 0 spiro atoms. The Morgan fingerprint density at radius 2 is 2.00 bits per heavy atom. The van der Waals surface area contributed by atoms with Gasteiger partial charge in [-0.05, 0) is 34.7 Å². The number of hydrogen-bond acceptors (Lipinski definition) is 3. The zero-order chi connectivity index (χ0) is 12.5. The largest absolute Gasteiger partial charge is 0.265 e. The maximum absolute atomic E-state index is 12.6. The zero-order valence-electron chi connectivity index (χ0n) is 7.42.